The number of para-hydroxylation sites is 2. The van der Waals surface area contributed by atoms with Crippen molar-refractivity contribution in [2.24, 2.45) is 5.73 Å². The largest absolute Gasteiger partial charge is 0.478 e. The van der Waals surface area contributed by atoms with Crippen molar-refractivity contribution in [3.8, 4) is 5.75 Å². The molecule has 2 unspecified atom stereocenters. The molecule has 0 saturated heterocycles. The van der Waals surface area contributed by atoms with Crippen LogP contribution in [0.1, 0.15) is 6.92 Å². The Hall–Kier alpha value is -2.77. The molecule has 8 nitrogen and oxygen atoms in total. The van der Waals surface area contributed by atoms with E-state index in [4.69, 9.17) is 15.6 Å². The molecule has 0 bridgehead atoms. The van der Waals surface area contributed by atoms with Crippen LogP contribution in [0, 0.1) is 0 Å². The molecule has 0 aromatic heterocycles. The third kappa shape index (κ3) is 3.04. The van der Waals surface area contributed by atoms with Crippen molar-refractivity contribution in [3.05, 3.63) is 24.3 Å². The molecular formula is C13H15N3O5. The molecule has 2 atom stereocenters. The molecule has 0 aliphatic carbocycles. The van der Waals surface area contributed by atoms with Crippen LogP contribution < -0.4 is 20.7 Å². The van der Waals surface area contributed by atoms with Gasteiger partial charge in [-0.1, -0.05) is 12.1 Å². The first-order chi connectivity index (χ1) is 9.90. The van der Waals surface area contributed by atoms with E-state index in [0.717, 1.165) is 0 Å². The van der Waals surface area contributed by atoms with E-state index >= 15 is 0 Å². The van der Waals surface area contributed by atoms with Crippen LogP contribution in [0.3, 0.4) is 0 Å². The van der Waals surface area contributed by atoms with Gasteiger partial charge in [-0.15, -0.1) is 0 Å². The lowest BCUT2D eigenvalue weighted by atomic mass is 10.1. The highest BCUT2D eigenvalue weighted by Crippen LogP contribution is 2.33. The van der Waals surface area contributed by atoms with Crippen molar-refractivity contribution in [3.63, 3.8) is 0 Å². The van der Waals surface area contributed by atoms with Crippen molar-refractivity contribution < 1.29 is 24.2 Å². The number of carboxylic acids is 1. The van der Waals surface area contributed by atoms with Gasteiger partial charge in [0.1, 0.15) is 11.8 Å². The first-order valence-electron chi connectivity index (χ1n) is 6.26. The number of nitrogens with one attached hydrogen (secondary N) is 1. The second-order valence-electron chi connectivity index (χ2n) is 4.59. The van der Waals surface area contributed by atoms with E-state index in [1.165, 1.54) is 11.8 Å². The second kappa shape index (κ2) is 5.70. The molecule has 1 aromatic rings. The summed E-state index contributed by atoms with van der Waals surface area (Å²) in [4.78, 5) is 35.6. The van der Waals surface area contributed by atoms with Crippen molar-refractivity contribution >= 4 is 23.6 Å². The number of hydrogen-bond acceptors (Lipinski definition) is 4. The Morgan fingerprint density at radius 3 is 2.71 bits per heavy atom. The number of nitrogens with zero attached hydrogens (tertiary/aromatic N) is 1. The maximum Gasteiger partial charge on any atom is 0.346 e. The normalized spacial score (nSPS) is 18.1. The third-order valence-corrected chi connectivity index (χ3v) is 3.04. The van der Waals surface area contributed by atoms with Crippen molar-refractivity contribution in [2.75, 3.05) is 11.4 Å². The van der Waals surface area contributed by atoms with Crippen molar-refractivity contribution in [1.29, 1.82) is 0 Å². The molecule has 0 spiro atoms. The van der Waals surface area contributed by atoms with E-state index in [1.54, 1.807) is 24.3 Å². The first-order valence-corrected chi connectivity index (χ1v) is 6.26. The van der Waals surface area contributed by atoms with Gasteiger partial charge in [-0.25, -0.2) is 9.59 Å². The third-order valence-electron chi connectivity index (χ3n) is 3.04. The van der Waals surface area contributed by atoms with Crippen LogP contribution in [-0.2, 0) is 9.59 Å². The average Bonchev–Trinajstić information content (AvgIpc) is 2.44. The molecule has 0 saturated carbocycles. The first kappa shape index (κ1) is 14.6. The predicted molar refractivity (Wildman–Crippen MR) is 73.0 cm³/mol. The molecule has 0 radical (unpaired) electrons. The number of rotatable bonds is 3. The van der Waals surface area contributed by atoms with E-state index < -0.39 is 30.1 Å². The number of anilines is 1. The van der Waals surface area contributed by atoms with Crippen LogP contribution in [0.4, 0.5) is 10.5 Å². The van der Waals surface area contributed by atoms with E-state index in [0.29, 0.717) is 11.4 Å². The topological polar surface area (TPSA) is 122 Å². The van der Waals surface area contributed by atoms with Gasteiger partial charge < -0.3 is 25.8 Å². The summed E-state index contributed by atoms with van der Waals surface area (Å²) in [6.07, 6.45) is -1.16. The summed E-state index contributed by atoms with van der Waals surface area (Å²) >= 11 is 0. The van der Waals surface area contributed by atoms with Gasteiger partial charge >= 0.3 is 12.0 Å². The Kier molecular flexibility index (Phi) is 3.97. The number of urea groups is 1. The molecule has 8 heteroatoms. The number of nitrogens with two attached hydrogens (primary N) is 1. The van der Waals surface area contributed by atoms with Gasteiger partial charge in [0.25, 0.3) is 0 Å². The highest BCUT2D eigenvalue weighted by molar-refractivity contribution is 6.01. The Morgan fingerprint density at radius 2 is 2.10 bits per heavy atom. The number of fused-ring (bicyclic) bond motifs is 1. The number of benzene rings is 1. The van der Waals surface area contributed by atoms with E-state index in [9.17, 15) is 14.4 Å². The fraction of sp³-hybridized carbons (Fsp3) is 0.308. The van der Waals surface area contributed by atoms with Crippen molar-refractivity contribution in [2.45, 2.75) is 19.1 Å². The van der Waals surface area contributed by atoms with Gasteiger partial charge in [-0.05, 0) is 19.1 Å². The summed E-state index contributed by atoms with van der Waals surface area (Å²) in [5.74, 6) is -1.33. The lowest BCUT2D eigenvalue weighted by Crippen LogP contribution is -2.53. The molecule has 1 heterocycles. The highest BCUT2D eigenvalue weighted by atomic mass is 16.5. The summed E-state index contributed by atoms with van der Waals surface area (Å²) in [5, 5.41) is 11.4. The Bertz CT molecular complexity index is 589. The molecule has 1 aromatic carbocycles. The minimum Gasteiger partial charge on any atom is -0.478 e. The van der Waals surface area contributed by atoms with Crippen LogP contribution in [0.25, 0.3) is 0 Å². The summed E-state index contributed by atoms with van der Waals surface area (Å²) < 4.78 is 5.33. The number of carbonyl (C=O) groups is 3. The van der Waals surface area contributed by atoms with Crippen LogP contribution in [-0.4, -0.2) is 41.7 Å². The summed E-state index contributed by atoms with van der Waals surface area (Å²) in [6, 6.07) is 4.90. The maximum absolute atomic E-state index is 12.4. The van der Waals surface area contributed by atoms with Gasteiger partial charge in [0.05, 0.1) is 12.2 Å². The van der Waals surface area contributed by atoms with Crippen molar-refractivity contribution in [1.82, 2.24) is 5.32 Å². The molecule has 1 aliphatic rings. The van der Waals surface area contributed by atoms with E-state index in [2.05, 4.69) is 5.32 Å². The molecule has 112 valence electrons. The number of carboxylic acid groups (broad SMARTS) is 1. The summed E-state index contributed by atoms with van der Waals surface area (Å²) in [5.41, 5.74) is 5.45. The summed E-state index contributed by atoms with van der Waals surface area (Å²) in [7, 11) is 0. The Labute approximate surface area is 120 Å². The van der Waals surface area contributed by atoms with Gasteiger partial charge in [0.15, 0.2) is 0 Å². The highest BCUT2D eigenvalue weighted by Gasteiger charge is 2.35. The lowest BCUT2D eigenvalue weighted by molar-refractivity contribution is -0.145. The Balaban J connectivity index is 2.30. The van der Waals surface area contributed by atoms with Gasteiger partial charge in [-0.2, -0.15) is 0 Å². The zero-order valence-electron chi connectivity index (χ0n) is 11.3. The average molecular weight is 293 g/mol. The number of carbonyl (C=O) groups excluding carboxylic acids is 2. The monoisotopic (exact) mass is 293 g/mol. The van der Waals surface area contributed by atoms with E-state index in [-0.39, 0.29) is 6.54 Å². The predicted octanol–water partition coefficient (Wildman–Crippen LogP) is -0.0780. The summed E-state index contributed by atoms with van der Waals surface area (Å²) in [6.45, 7) is 1.33. The number of primary amides is 1. The molecule has 2 rings (SSSR count). The zero-order chi connectivity index (χ0) is 15.6. The van der Waals surface area contributed by atoms with Gasteiger partial charge in [-0.3, -0.25) is 4.79 Å². The SMILES string of the molecule is CC(NC(N)=O)C(=O)N1CC(C(=O)O)Oc2ccccc21. The van der Waals surface area contributed by atoms with Crippen LogP contribution >= 0.6 is 0 Å². The number of aliphatic carboxylic acids is 1. The fourth-order valence-corrected chi connectivity index (χ4v) is 2.08. The number of amides is 3. The molecule has 0 fully saturated rings. The van der Waals surface area contributed by atoms with Crippen LogP contribution in [0.5, 0.6) is 5.75 Å². The fourth-order valence-electron chi connectivity index (χ4n) is 2.08. The van der Waals surface area contributed by atoms with Gasteiger partial charge in [0, 0.05) is 0 Å². The van der Waals surface area contributed by atoms with Gasteiger partial charge in [0.2, 0.25) is 12.0 Å². The molecule has 1 aliphatic heterocycles. The smallest absolute Gasteiger partial charge is 0.346 e. The molecule has 3 amide bonds. The van der Waals surface area contributed by atoms with Crippen LogP contribution in [0.2, 0.25) is 0 Å². The number of ether oxygens (including phenoxy) is 1. The molecule has 21 heavy (non-hydrogen) atoms. The number of hydrogen-bond donors (Lipinski definition) is 3. The minimum atomic E-state index is -1.17. The minimum absolute atomic E-state index is 0.143. The quantitative estimate of drug-likeness (QED) is 0.719. The van der Waals surface area contributed by atoms with E-state index in [1.807, 2.05) is 0 Å². The van der Waals surface area contributed by atoms with Crippen LogP contribution in [0.15, 0.2) is 24.3 Å². The standard InChI is InChI=1S/C13H15N3O5/c1-7(15-13(14)20)11(17)16-6-10(12(18)19)21-9-5-3-2-4-8(9)16/h2-5,7,10H,6H2,1H3,(H,18,19)(H3,14,15,20). The molecular weight excluding hydrogens is 278 g/mol. The lowest BCUT2D eigenvalue weighted by Gasteiger charge is -2.34. The molecule has 4 N–H and O–H groups in total. The Morgan fingerprint density at radius 1 is 1.43 bits per heavy atom. The maximum atomic E-state index is 12.4. The zero-order valence-corrected chi connectivity index (χ0v) is 11.3. The second-order valence-corrected chi connectivity index (χ2v) is 4.59.